The predicted octanol–water partition coefficient (Wildman–Crippen LogP) is 2.90. The maximum Gasteiger partial charge on any atom is 0.167 e. The van der Waals surface area contributed by atoms with E-state index in [1.54, 1.807) is 6.07 Å². The van der Waals surface area contributed by atoms with Crippen LogP contribution in [0.5, 0.6) is 5.75 Å². The molecule has 1 aromatic carbocycles. The Balaban J connectivity index is 2.81. The first-order valence-corrected chi connectivity index (χ1v) is 5.42. The highest BCUT2D eigenvalue weighted by Crippen LogP contribution is 2.23. The lowest BCUT2D eigenvalue weighted by Crippen LogP contribution is -2.19. The molecule has 4 heteroatoms. The number of rotatable bonds is 5. The molecule has 0 aliphatic heterocycles. The fraction of sp³-hybridized carbons (Fsp3) is 0.455. The van der Waals surface area contributed by atoms with E-state index in [-0.39, 0.29) is 5.82 Å². The van der Waals surface area contributed by atoms with Gasteiger partial charge >= 0.3 is 0 Å². The van der Waals surface area contributed by atoms with Crippen LogP contribution in [-0.2, 0) is 0 Å². The molecule has 1 rings (SSSR count). The summed E-state index contributed by atoms with van der Waals surface area (Å²) in [6.07, 6.45) is 0. The summed E-state index contributed by atoms with van der Waals surface area (Å²) in [5, 5.41) is 0. The van der Waals surface area contributed by atoms with Gasteiger partial charge in [-0.2, -0.15) is 0 Å². The Bertz CT molecular complexity index is 319. The van der Waals surface area contributed by atoms with E-state index < -0.39 is 0 Å². The number of ether oxygens (including phenoxy) is 1. The van der Waals surface area contributed by atoms with Crippen molar-refractivity contribution in [1.29, 1.82) is 0 Å². The molecule has 84 valence electrons. The van der Waals surface area contributed by atoms with Gasteiger partial charge in [-0.25, -0.2) is 4.39 Å². The van der Waals surface area contributed by atoms with Gasteiger partial charge in [0.25, 0.3) is 0 Å². The van der Waals surface area contributed by atoms with E-state index in [4.69, 9.17) is 16.3 Å². The third-order valence-corrected chi connectivity index (χ3v) is 2.25. The number of nitrogens with zero attached hydrogens (tertiary/aromatic N) is 1. The van der Waals surface area contributed by atoms with E-state index >= 15 is 0 Å². The molecule has 0 radical (unpaired) electrons. The summed E-state index contributed by atoms with van der Waals surface area (Å²) < 4.78 is 18.6. The van der Waals surface area contributed by atoms with Crippen LogP contribution in [0, 0.1) is 5.82 Å². The molecule has 0 N–H and O–H groups in total. The molecule has 1 aromatic rings. The molecule has 0 heterocycles. The van der Waals surface area contributed by atoms with E-state index in [9.17, 15) is 4.39 Å². The molecule has 0 aliphatic carbocycles. The molecule has 0 unspecified atom stereocenters. The van der Waals surface area contributed by atoms with E-state index in [2.05, 4.69) is 0 Å². The number of anilines is 1. The highest BCUT2D eigenvalue weighted by Gasteiger charge is 2.06. The monoisotopic (exact) mass is 231 g/mol. The van der Waals surface area contributed by atoms with Gasteiger partial charge in [-0.1, -0.05) is 0 Å². The number of hydrogen-bond donors (Lipinski definition) is 0. The van der Waals surface area contributed by atoms with Crippen LogP contribution in [-0.4, -0.2) is 26.1 Å². The van der Waals surface area contributed by atoms with Crippen LogP contribution in [0.15, 0.2) is 18.2 Å². The summed E-state index contributed by atoms with van der Waals surface area (Å²) in [6, 6.07) is 4.91. The minimum absolute atomic E-state index is 0.292. The van der Waals surface area contributed by atoms with Crippen LogP contribution >= 0.6 is 11.6 Å². The van der Waals surface area contributed by atoms with Crippen molar-refractivity contribution in [1.82, 2.24) is 0 Å². The number of benzene rings is 1. The summed E-state index contributed by atoms with van der Waals surface area (Å²) in [5.74, 6) is 0.474. The normalized spacial score (nSPS) is 10.1. The van der Waals surface area contributed by atoms with Gasteiger partial charge in [-0.15, -0.1) is 11.6 Å². The molecule has 0 spiro atoms. The maximum absolute atomic E-state index is 13.5. The average molecular weight is 232 g/mol. The number of halogens is 2. The minimum atomic E-state index is -0.337. The Morgan fingerprint density at radius 2 is 2.20 bits per heavy atom. The summed E-state index contributed by atoms with van der Waals surface area (Å²) in [5.41, 5.74) is 0.802. The summed E-state index contributed by atoms with van der Waals surface area (Å²) in [7, 11) is 1.87. The lowest BCUT2D eigenvalue weighted by atomic mass is 10.2. The van der Waals surface area contributed by atoms with Crippen LogP contribution in [0.4, 0.5) is 10.1 Å². The standard InChI is InChI=1S/C11H15ClFNO/c1-3-15-11-5-4-9(8-10(11)13)14(2)7-6-12/h4-5,8H,3,6-7H2,1-2H3. The first-order chi connectivity index (χ1) is 7.19. The van der Waals surface area contributed by atoms with E-state index in [0.717, 1.165) is 5.69 Å². The Kier molecular flexibility index (Phi) is 4.69. The zero-order chi connectivity index (χ0) is 11.3. The van der Waals surface area contributed by atoms with Crippen molar-refractivity contribution in [3.05, 3.63) is 24.0 Å². The Morgan fingerprint density at radius 3 is 2.73 bits per heavy atom. The van der Waals surface area contributed by atoms with Crippen LogP contribution in [0.1, 0.15) is 6.92 Å². The molecule has 0 fully saturated rings. The highest BCUT2D eigenvalue weighted by atomic mass is 35.5. The fourth-order valence-electron chi connectivity index (χ4n) is 1.26. The SMILES string of the molecule is CCOc1ccc(N(C)CCCl)cc1F. The second kappa shape index (κ2) is 5.81. The van der Waals surface area contributed by atoms with Gasteiger partial charge < -0.3 is 9.64 Å². The predicted molar refractivity (Wildman–Crippen MR) is 61.6 cm³/mol. The van der Waals surface area contributed by atoms with Crippen molar-refractivity contribution in [2.75, 3.05) is 31.0 Å². The molecular weight excluding hydrogens is 217 g/mol. The smallest absolute Gasteiger partial charge is 0.167 e. The van der Waals surface area contributed by atoms with Crippen molar-refractivity contribution in [3.8, 4) is 5.75 Å². The number of hydrogen-bond acceptors (Lipinski definition) is 2. The van der Waals surface area contributed by atoms with Gasteiger partial charge in [-0.3, -0.25) is 0 Å². The van der Waals surface area contributed by atoms with E-state index in [1.807, 2.05) is 24.9 Å². The molecule has 0 saturated heterocycles. The maximum atomic E-state index is 13.5. The van der Waals surface area contributed by atoms with Gasteiger partial charge in [0.1, 0.15) is 0 Å². The third kappa shape index (κ3) is 3.27. The zero-order valence-corrected chi connectivity index (χ0v) is 9.72. The van der Waals surface area contributed by atoms with Gasteiger partial charge in [0.15, 0.2) is 11.6 Å². The summed E-state index contributed by atoms with van der Waals surface area (Å²) in [4.78, 5) is 1.89. The zero-order valence-electron chi connectivity index (χ0n) is 8.96. The van der Waals surface area contributed by atoms with E-state index in [1.165, 1.54) is 6.07 Å². The molecular formula is C11H15ClFNO. The molecule has 0 amide bonds. The van der Waals surface area contributed by atoms with Gasteiger partial charge in [0.2, 0.25) is 0 Å². The number of alkyl halides is 1. The van der Waals surface area contributed by atoms with Crippen LogP contribution in [0.3, 0.4) is 0 Å². The second-order valence-corrected chi connectivity index (χ2v) is 3.54. The third-order valence-electron chi connectivity index (χ3n) is 2.08. The fourth-order valence-corrected chi connectivity index (χ4v) is 1.51. The summed E-state index contributed by atoms with van der Waals surface area (Å²) >= 11 is 5.61. The largest absolute Gasteiger partial charge is 0.491 e. The van der Waals surface area contributed by atoms with Crippen molar-refractivity contribution in [2.24, 2.45) is 0 Å². The Morgan fingerprint density at radius 1 is 1.47 bits per heavy atom. The molecule has 0 bridgehead atoms. The lowest BCUT2D eigenvalue weighted by Gasteiger charge is -2.18. The molecule has 0 aliphatic rings. The lowest BCUT2D eigenvalue weighted by molar-refractivity contribution is 0.321. The van der Waals surface area contributed by atoms with E-state index in [0.29, 0.717) is 24.8 Å². The van der Waals surface area contributed by atoms with Crippen molar-refractivity contribution < 1.29 is 9.13 Å². The van der Waals surface area contributed by atoms with Gasteiger partial charge in [-0.05, 0) is 19.1 Å². The first-order valence-electron chi connectivity index (χ1n) is 4.88. The van der Waals surface area contributed by atoms with Crippen molar-refractivity contribution in [3.63, 3.8) is 0 Å². The Hall–Kier alpha value is -0.960. The minimum Gasteiger partial charge on any atom is -0.491 e. The van der Waals surface area contributed by atoms with Crippen LogP contribution in [0.2, 0.25) is 0 Å². The summed E-state index contributed by atoms with van der Waals surface area (Å²) in [6.45, 7) is 2.98. The molecule has 2 nitrogen and oxygen atoms in total. The van der Waals surface area contributed by atoms with Crippen LogP contribution < -0.4 is 9.64 Å². The molecule has 0 saturated carbocycles. The molecule has 0 atom stereocenters. The van der Waals surface area contributed by atoms with Gasteiger partial charge in [0.05, 0.1) is 6.61 Å². The van der Waals surface area contributed by atoms with Crippen molar-refractivity contribution >= 4 is 17.3 Å². The van der Waals surface area contributed by atoms with Crippen LogP contribution in [0.25, 0.3) is 0 Å². The molecule has 15 heavy (non-hydrogen) atoms. The highest BCUT2D eigenvalue weighted by molar-refractivity contribution is 6.18. The van der Waals surface area contributed by atoms with Crippen molar-refractivity contribution in [2.45, 2.75) is 6.92 Å². The molecule has 0 aromatic heterocycles. The topological polar surface area (TPSA) is 12.5 Å². The average Bonchev–Trinajstić information content (AvgIpc) is 2.21. The Labute approximate surface area is 94.6 Å². The quantitative estimate of drug-likeness (QED) is 0.723. The van der Waals surface area contributed by atoms with Gasteiger partial charge in [0, 0.05) is 31.2 Å². The first kappa shape index (κ1) is 12.1. The second-order valence-electron chi connectivity index (χ2n) is 3.16.